The lowest BCUT2D eigenvalue weighted by molar-refractivity contribution is 0.0211. The Kier molecular flexibility index (Phi) is 3.32. The molecule has 0 aliphatic heterocycles. The van der Waals surface area contributed by atoms with Gasteiger partial charge in [0.05, 0.1) is 22.2 Å². The molecule has 1 aromatic heterocycles. The number of rotatable bonds is 4. The topological polar surface area (TPSA) is 64.3 Å². The van der Waals surface area contributed by atoms with E-state index in [1.807, 2.05) is 25.5 Å². The van der Waals surface area contributed by atoms with Crippen LogP contribution in [0.5, 0.6) is 0 Å². The average Bonchev–Trinajstić information content (AvgIpc) is 2.65. The predicted octanol–water partition coefficient (Wildman–Crippen LogP) is 2.24. The lowest BCUT2D eigenvalue weighted by atomic mass is 10.1. The number of aromatic carboxylic acids is 1. The molecule has 0 bridgehead atoms. The second-order valence-corrected chi connectivity index (χ2v) is 5.24. The number of carbonyl (C=O) groups is 1. The number of carboxylic acid groups (broad SMARTS) is 1. The van der Waals surface area contributed by atoms with E-state index < -0.39 is 5.97 Å². The lowest BCUT2D eigenvalue weighted by Gasteiger charge is -2.22. The molecule has 0 saturated carbocycles. The maximum Gasteiger partial charge on any atom is 0.335 e. The summed E-state index contributed by atoms with van der Waals surface area (Å²) in [6.07, 6.45) is 0.664. The molecule has 102 valence electrons. The van der Waals surface area contributed by atoms with Gasteiger partial charge in [-0.15, -0.1) is 0 Å². The van der Waals surface area contributed by atoms with Gasteiger partial charge in [0, 0.05) is 20.6 Å². The van der Waals surface area contributed by atoms with Crippen molar-refractivity contribution < 1.29 is 14.6 Å². The van der Waals surface area contributed by atoms with Gasteiger partial charge in [-0.2, -0.15) is 0 Å². The van der Waals surface area contributed by atoms with Crippen molar-refractivity contribution in [1.82, 2.24) is 9.55 Å². The molecule has 1 N–H and O–H groups in total. The van der Waals surface area contributed by atoms with Crippen LogP contribution in [0.2, 0.25) is 0 Å². The maximum atomic E-state index is 11.0. The number of carboxylic acids is 1. The smallest absolute Gasteiger partial charge is 0.335 e. The Hall–Kier alpha value is -1.88. The van der Waals surface area contributed by atoms with Gasteiger partial charge in [-0.1, -0.05) is 0 Å². The van der Waals surface area contributed by atoms with Gasteiger partial charge >= 0.3 is 5.97 Å². The first kappa shape index (κ1) is 13.5. The van der Waals surface area contributed by atoms with Gasteiger partial charge < -0.3 is 14.4 Å². The van der Waals surface area contributed by atoms with Crippen molar-refractivity contribution in [2.24, 2.45) is 7.05 Å². The van der Waals surface area contributed by atoms with Crippen molar-refractivity contribution in [3.05, 3.63) is 29.6 Å². The largest absolute Gasteiger partial charge is 0.478 e. The first-order valence-corrected chi connectivity index (χ1v) is 6.08. The molecule has 0 radical (unpaired) electrons. The number of methoxy groups -OCH3 is 1. The highest BCUT2D eigenvalue weighted by atomic mass is 16.5. The standard InChI is InChI=1S/C14H18N2O3/c1-14(2,19-4)8-12-15-10-7-9(13(17)18)5-6-11(10)16(12)3/h5-7H,8H2,1-4H3,(H,17,18). The first-order chi connectivity index (χ1) is 8.84. The van der Waals surface area contributed by atoms with E-state index in [9.17, 15) is 4.79 Å². The Morgan fingerprint density at radius 1 is 1.47 bits per heavy atom. The number of ether oxygens (including phenoxy) is 1. The number of hydrogen-bond donors (Lipinski definition) is 1. The van der Waals surface area contributed by atoms with E-state index in [1.165, 1.54) is 0 Å². The van der Waals surface area contributed by atoms with Crippen molar-refractivity contribution in [3.8, 4) is 0 Å². The zero-order chi connectivity index (χ0) is 14.2. The fourth-order valence-electron chi connectivity index (χ4n) is 1.99. The molecule has 5 nitrogen and oxygen atoms in total. The molecule has 1 aromatic carbocycles. The molecule has 0 fully saturated rings. The maximum absolute atomic E-state index is 11.0. The van der Waals surface area contributed by atoms with Gasteiger partial charge in [-0.05, 0) is 32.0 Å². The summed E-state index contributed by atoms with van der Waals surface area (Å²) in [5, 5.41) is 8.99. The number of fused-ring (bicyclic) bond motifs is 1. The summed E-state index contributed by atoms with van der Waals surface area (Å²) in [5.74, 6) is -0.0595. The molecule has 0 aliphatic rings. The van der Waals surface area contributed by atoms with Crippen LogP contribution in [-0.4, -0.2) is 33.3 Å². The number of nitrogens with zero attached hydrogens (tertiary/aromatic N) is 2. The summed E-state index contributed by atoms with van der Waals surface area (Å²) in [6.45, 7) is 3.99. The Morgan fingerprint density at radius 3 is 2.74 bits per heavy atom. The fraction of sp³-hybridized carbons (Fsp3) is 0.429. The Labute approximate surface area is 111 Å². The second kappa shape index (κ2) is 4.66. The van der Waals surface area contributed by atoms with Crippen LogP contribution in [0.1, 0.15) is 30.0 Å². The molecule has 0 spiro atoms. The average molecular weight is 262 g/mol. The minimum absolute atomic E-state index is 0.253. The van der Waals surface area contributed by atoms with Crippen LogP contribution in [0.4, 0.5) is 0 Å². The molecule has 0 unspecified atom stereocenters. The van der Waals surface area contributed by atoms with Crippen LogP contribution in [0.15, 0.2) is 18.2 Å². The highest BCUT2D eigenvalue weighted by molar-refractivity contribution is 5.92. The van der Waals surface area contributed by atoms with Crippen molar-refractivity contribution in [2.45, 2.75) is 25.9 Å². The van der Waals surface area contributed by atoms with E-state index in [2.05, 4.69) is 4.98 Å². The molecule has 5 heteroatoms. The highest BCUT2D eigenvalue weighted by Crippen LogP contribution is 2.21. The van der Waals surface area contributed by atoms with Crippen LogP contribution in [-0.2, 0) is 18.2 Å². The van der Waals surface area contributed by atoms with Gasteiger partial charge in [0.15, 0.2) is 0 Å². The number of imidazole rings is 1. The molecule has 0 aliphatic carbocycles. The summed E-state index contributed by atoms with van der Waals surface area (Å²) in [7, 11) is 3.60. The van der Waals surface area contributed by atoms with Gasteiger partial charge in [-0.3, -0.25) is 0 Å². The third-order valence-corrected chi connectivity index (χ3v) is 3.36. The zero-order valence-corrected chi connectivity index (χ0v) is 11.6. The molecule has 19 heavy (non-hydrogen) atoms. The number of aryl methyl sites for hydroxylation is 1. The molecule has 1 heterocycles. The summed E-state index contributed by atoms with van der Waals surface area (Å²) >= 11 is 0. The third-order valence-electron chi connectivity index (χ3n) is 3.36. The van der Waals surface area contributed by atoms with Gasteiger partial charge in [0.2, 0.25) is 0 Å². The van der Waals surface area contributed by atoms with Crippen molar-refractivity contribution in [1.29, 1.82) is 0 Å². The van der Waals surface area contributed by atoms with Crippen molar-refractivity contribution in [3.63, 3.8) is 0 Å². The Morgan fingerprint density at radius 2 is 2.16 bits per heavy atom. The zero-order valence-electron chi connectivity index (χ0n) is 11.6. The van der Waals surface area contributed by atoms with E-state index >= 15 is 0 Å². The molecular weight excluding hydrogens is 244 g/mol. The molecule has 0 atom stereocenters. The van der Waals surface area contributed by atoms with Crippen LogP contribution in [0, 0.1) is 0 Å². The minimum atomic E-state index is -0.939. The summed E-state index contributed by atoms with van der Waals surface area (Å²) in [6, 6.07) is 4.98. The highest BCUT2D eigenvalue weighted by Gasteiger charge is 2.21. The quantitative estimate of drug-likeness (QED) is 0.917. The van der Waals surface area contributed by atoms with Gasteiger partial charge in [0.25, 0.3) is 0 Å². The Bertz CT molecular complexity index is 629. The Balaban J connectivity index is 2.47. The van der Waals surface area contributed by atoms with Gasteiger partial charge in [-0.25, -0.2) is 9.78 Å². The summed E-state index contributed by atoms with van der Waals surface area (Å²) in [5.41, 5.74) is 1.57. The normalized spacial score (nSPS) is 12.0. The van der Waals surface area contributed by atoms with Crippen LogP contribution in [0.25, 0.3) is 11.0 Å². The van der Waals surface area contributed by atoms with E-state index in [0.717, 1.165) is 11.3 Å². The number of benzene rings is 1. The summed E-state index contributed by atoms with van der Waals surface area (Å²) < 4.78 is 7.38. The fourth-order valence-corrected chi connectivity index (χ4v) is 1.99. The minimum Gasteiger partial charge on any atom is -0.478 e. The van der Waals surface area contributed by atoms with E-state index in [0.29, 0.717) is 11.9 Å². The van der Waals surface area contributed by atoms with Crippen molar-refractivity contribution >= 4 is 17.0 Å². The van der Waals surface area contributed by atoms with E-state index in [4.69, 9.17) is 9.84 Å². The van der Waals surface area contributed by atoms with Crippen LogP contribution in [0.3, 0.4) is 0 Å². The third kappa shape index (κ3) is 2.61. The lowest BCUT2D eigenvalue weighted by Crippen LogP contribution is -2.27. The second-order valence-electron chi connectivity index (χ2n) is 5.24. The van der Waals surface area contributed by atoms with E-state index in [-0.39, 0.29) is 11.2 Å². The predicted molar refractivity (Wildman–Crippen MR) is 72.5 cm³/mol. The van der Waals surface area contributed by atoms with Crippen molar-refractivity contribution in [2.75, 3.05) is 7.11 Å². The van der Waals surface area contributed by atoms with Gasteiger partial charge in [0.1, 0.15) is 5.82 Å². The molecule has 0 amide bonds. The monoisotopic (exact) mass is 262 g/mol. The van der Waals surface area contributed by atoms with Crippen LogP contribution < -0.4 is 0 Å². The molecule has 2 rings (SSSR count). The SMILES string of the molecule is COC(C)(C)Cc1nc2cc(C(=O)O)ccc2n1C. The first-order valence-electron chi connectivity index (χ1n) is 6.08. The molecule has 0 saturated heterocycles. The van der Waals surface area contributed by atoms with E-state index in [1.54, 1.807) is 25.3 Å². The summed E-state index contributed by atoms with van der Waals surface area (Å²) in [4.78, 5) is 15.5. The van der Waals surface area contributed by atoms with Crippen LogP contribution >= 0.6 is 0 Å². The number of hydrogen-bond acceptors (Lipinski definition) is 3. The molecule has 2 aromatic rings. The molecular formula is C14H18N2O3. The number of aromatic nitrogens is 2.